The molecule has 0 aliphatic rings. The Balaban J connectivity index is 0.991. The molecule has 420 valence electrons. The summed E-state index contributed by atoms with van der Waals surface area (Å²) in [7, 11) is 118. The normalized spacial score (nSPS) is 12.1. The van der Waals surface area contributed by atoms with Crippen LogP contribution in [0.15, 0.2) is 238 Å². The van der Waals surface area contributed by atoms with Crippen molar-refractivity contribution in [2.75, 3.05) is 0 Å². The Kier molecular flexibility index (Phi) is 15.8. The van der Waals surface area contributed by atoms with Crippen molar-refractivity contribution in [3.8, 4) is 50.4 Å². The Morgan fingerprint density at radius 1 is 0.222 bits per heavy atom. The van der Waals surface area contributed by atoms with Gasteiger partial charge in [-0.25, -0.2) is 0 Å². The number of fused-ring (bicyclic) bond motifs is 9. The lowest BCUT2D eigenvalue weighted by Crippen LogP contribution is -2.55. The zero-order valence-corrected chi connectivity index (χ0v) is 54.2. The van der Waals surface area contributed by atoms with Gasteiger partial charge in [0.2, 0.25) is 0 Å². The fourth-order valence-corrected chi connectivity index (χ4v) is 18.9. The lowest BCUT2D eigenvalue weighted by atomic mass is 9.58. The highest BCUT2D eigenvalue weighted by atomic mass is 32.3. The first kappa shape index (κ1) is 64.4. The van der Waals surface area contributed by atoms with E-state index in [2.05, 4.69) is 83.4 Å². The van der Waals surface area contributed by atoms with Gasteiger partial charge in [0.15, 0.2) is 0 Å². The predicted molar refractivity (Wildman–Crippen MR) is 437 cm³/mol. The minimum absolute atomic E-state index is 0.0338. The van der Waals surface area contributed by atoms with Crippen molar-refractivity contribution in [1.82, 2.24) is 13.7 Å². The van der Waals surface area contributed by atoms with E-state index in [0.29, 0.717) is 66.6 Å². The molecule has 99 heavy (non-hydrogen) atoms. The number of aromatic nitrogens is 3. The summed E-state index contributed by atoms with van der Waals surface area (Å²) in [4.78, 5) is 3.79. The molecule has 0 saturated carbocycles. The summed E-state index contributed by atoms with van der Waals surface area (Å²) in [5, 5.41) is 4.64. The lowest BCUT2D eigenvalue weighted by Gasteiger charge is -2.43. The van der Waals surface area contributed by atoms with Crippen molar-refractivity contribution < 1.29 is 0 Å². The van der Waals surface area contributed by atoms with Crippen LogP contribution in [0.4, 0.5) is 0 Å². The van der Waals surface area contributed by atoms with Crippen molar-refractivity contribution in [2.24, 2.45) is 0 Å². The first-order chi connectivity index (χ1) is 47.8. The smallest absolute Gasteiger partial charge is 0.117 e. The van der Waals surface area contributed by atoms with Gasteiger partial charge in [-0.1, -0.05) is 177 Å². The van der Waals surface area contributed by atoms with Gasteiger partial charge in [-0.2, -0.15) is 0 Å². The topological polar surface area (TPSA) is 14.8 Å². The molecule has 0 fully saturated rings. The molecule has 21 heteroatoms. The Labute approximate surface area is 599 Å². The maximum Gasteiger partial charge on any atom is 0.117 e. The maximum atomic E-state index is 7.54. The monoisotopic (exact) mass is 1230 g/mol. The van der Waals surface area contributed by atoms with Gasteiger partial charge in [0.1, 0.15) is 133 Å². The first-order valence-corrected chi connectivity index (χ1v) is 33.3. The number of hydrogen-bond donors (Lipinski definition) is 0. The van der Waals surface area contributed by atoms with Gasteiger partial charge in [0.25, 0.3) is 0 Å². The SMILES string of the molecule is [B]c1c([B])c([B])c(-c2cc(S(c3ccccc3)(c3ccccc3)c3ccccc3)cc(-c3c([B])c([B])c([B])c([B])c3[B])c2-n2c3ccccc3c3cc(-c4cccc(-n5c6c([B])c([B])c([B])c([B])c6c6c([B])c(-n7c8ccccc8c8ccccc87)c([B])c([B])c65)c4)ccc32)c([B])c1[B]. The van der Waals surface area contributed by atoms with Crippen LogP contribution in [0.5, 0.6) is 0 Å². The third-order valence-electron chi connectivity index (χ3n) is 19.7. The molecule has 13 aromatic carbocycles. The summed E-state index contributed by atoms with van der Waals surface area (Å²) in [5.74, 6) is 0. The summed E-state index contributed by atoms with van der Waals surface area (Å²) in [6.07, 6.45) is 0. The molecular formula is C78H36B17N3S. The molecule has 16 aromatic rings. The maximum absolute atomic E-state index is 7.54. The molecule has 0 aliphatic carbocycles. The number of rotatable bonds is 10. The van der Waals surface area contributed by atoms with E-state index in [0.717, 1.165) is 74.3 Å². The van der Waals surface area contributed by atoms with Crippen molar-refractivity contribution in [3.63, 3.8) is 0 Å². The molecule has 0 bridgehead atoms. The number of hydrogen-bond acceptors (Lipinski definition) is 0. The van der Waals surface area contributed by atoms with E-state index in [9.17, 15) is 0 Å². The number of benzene rings is 13. The zero-order chi connectivity index (χ0) is 68.9. The quantitative estimate of drug-likeness (QED) is 0.181. The van der Waals surface area contributed by atoms with Crippen molar-refractivity contribution in [1.29, 1.82) is 0 Å². The van der Waals surface area contributed by atoms with Gasteiger partial charge in [-0.15, -0.1) is 53.7 Å². The Hall–Kier alpha value is -9.29. The molecule has 0 aliphatic heterocycles. The van der Waals surface area contributed by atoms with E-state index in [1.807, 2.05) is 149 Å². The standard InChI is InChI=1S/C78H36B17N3S/c79-58-54(59(80)65(86)69(90)64(58)85)48-35-43(99(40-19-4-1-5-20-40,41-21-6-2-7-22-41)42-23-8-3-9-24-42)36-49(55-60(81)66(87)70(91)67(88)61(55)82)75(48)97-52-30-15-12-27-46(52)47-34-38(31-32-53(47)97)37-17-16-18-39(33-37)96-76-56(62(83)68(89)71(92)72(76)93)57-63(84)78(74(95)73(94)77(57)96)98-50-28-13-10-25-44(50)45-26-11-14-29-51(45)98/h1-36H. The van der Waals surface area contributed by atoms with Gasteiger partial charge in [-0.3, -0.25) is 0 Å². The zero-order valence-electron chi connectivity index (χ0n) is 53.3. The van der Waals surface area contributed by atoms with Crippen LogP contribution >= 0.6 is 10.0 Å². The van der Waals surface area contributed by atoms with Crippen molar-refractivity contribution in [3.05, 3.63) is 218 Å². The Morgan fingerprint density at radius 2 is 0.576 bits per heavy atom. The molecular weight excluding hydrogens is 1190 g/mol. The number of nitrogens with zero attached hydrogens (tertiary/aromatic N) is 3. The van der Waals surface area contributed by atoms with Crippen LogP contribution in [0.1, 0.15) is 0 Å². The molecule has 0 amide bonds. The van der Waals surface area contributed by atoms with E-state index in [-0.39, 0.29) is 87.4 Å². The fourth-order valence-electron chi connectivity index (χ4n) is 14.9. The second kappa shape index (κ2) is 24.3. The van der Waals surface area contributed by atoms with Crippen molar-refractivity contribution >= 4 is 302 Å². The summed E-state index contributed by atoms with van der Waals surface area (Å²) >= 11 is 0. The average Bonchev–Trinajstić information content (AvgIpc) is 1.69. The molecule has 0 atom stereocenters. The predicted octanol–water partition coefficient (Wildman–Crippen LogP) is 0.814. The molecule has 3 aromatic heterocycles. The fraction of sp³-hybridized carbons (Fsp3) is 0. The van der Waals surface area contributed by atoms with Gasteiger partial charge in [0.05, 0.1) is 27.8 Å². The molecule has 3 heterocycles. The van der Waals surface area contributed by atoms with E-state index >= 15 is 0 Å². The second-order valence-corrected chi connectivity index (χ2v) is 27.9. The van der Waals surface area contributed by atoms with Gasteiger partial charge < -0.3 is 13.7 Å². The van der Waals surface area contributed by atoms with Crippen LogP contribution in [0.2, 0.25) is 0 Å². The third-order valence-corrected chi connectivity index (χ3v) is 23.6. The average molecular weight is 1230 g/mol. The van der Waals surface area contributed by atoms with Gasteiger partial charge in [0, 0.05) is 80.0 Å². The van der Waals surface area contributed by atoms with Crippen LogP contribution in [0.3, 0.4) is 0 Å². The highest BCUT2D eigenvalue weighted by Gasteiger charge is 2.37. The molecule has 34 radical (unpaired) electrons. The lowest BCUT2D eigenvalue weighted by molar-refractivity contribution is 1.17. The molecule has 0 unspecified atom stereocenters. The highest BCUT2D eigenvalue weighted by Crippen LogP contribution is 2.74. The van der Waals surface area contributed by atoms with Crippen molar-refractivity contribution in [2.45, 2.75) is 19.6 Å². The van der Waals surface area contributed by atoms with Crippen LogP contribution in [-0.2, 0) is 0 Å². The van der Waals surface area contributed by atoms with E-state index in [1.54, 1.807) is 0 Å². The largest absolute Gasteiger partial charge is 0.311 e. The highest BCUT2D eigenvalue weighted by molar-refractivity contribution is 8.34. The van der Waals surface area contributed by atoms with E-state index in [4.69, 9.17) is 133 Å². The summed E-state index contributed by atoms with van der Waals surface area (Å²) in [6.45, 7) is 0. The molecule has 0 N–H and O–H groups in total. The van der Waals surface area contributed by atoms with E-state index in [1.165, 1.54) is 0 Å². The minimum atomic E-state index is -2.57. The van der Waals surface area contributed by atoms with Crippen LogP contribution in [0, 0.1) is 0 Å². The van der Waals surface area contributed by atoms with Crippen LogP contribution in [0.25, 0.3) is 116 Å². The van der Waals surface area contributed by atoms with Crippen LogP contribution in [-0.4, -0.2) is 147 Å². The first-order valence-electron chi connectivity index (χ1n) is 31.7. The minimum Gasteiger partial charge on any atom is -0.311 e. The van der Waals surface area contributed by atoms with Crippen LogP contribution < -0.4 is 92.9 Å². The Bertz CT molecular complexity index is 5850. The van der Waals surface area contributed by atoms with Gasteiger partial charge >= 0.3 is 0 Å². The molecule has 0 saturated heterocycles. The molecule has 16 rings (SSSR count). The Morgan fingerprint density at radius 3 is 1.04 bits per heavy atom. The number of para-hydroxylation sites is 3. The summed E-state index contributed by atoms with van der Waals surface area (Å²) in [6, 6.07) is 73.6. The summed E-state index contributed by atoms with van der Waals surface area (Å²) < 4.78 is 6.09. The molecule has 3 nitrogen and oxygen atoms in total. The third kappa shape index (κ3) is 9.38. The second-order valence-electron chi connectivity index (χ2n) is 24.8. The summed E-state index contributed by atoms with van der Waals surface area (Å²) in [5.41, 5.74) is 10.8. The van der Waals surface area contributed by atoms with E-state index < -0.39 is 10.0 Å². The van der Waals surface area contributed by atoms with Gasteiger partial charge in [-0.05, 0) is 119 Å². The molecule has 0 spiro atoms.